The van der Waals surface area contributed by atoms with Crippen molar-refractivity contribution >= 4 is 11.6 Å². The largest absolute Gasteiger partial charge is 0.326 e. The average molecular weight is 285 g/mol. The zero-order chi connectivity index (χ0) is 14.0. The summed E-state index contributed by atoms with van der Waals surface area (Å²) in [4.78, 5) is 2.22. The van der Waals surface area contributed by atoms with Gasteiger partial charge in [-0.15, -0.1) is 0 Å². The van der Waals surface area contributed by atoms with Gasteiger partial charge in [0.1, 0.15) is 5.82 Å². The lowest BCUT2D eigenvalue weighted by atomic mass is 9.83. The van der Waals surface area contributed by atoms with Crippen molar-refractivity contribution in [1.82, 2.24) is 4.90 Å². The van der Waals surface area contributed by atoms with Crippen molar-refractivity contribution in [3.8, 4) is 0 Å². The van der Waals surface area contributed by atoms with Crippen LogP contribution >= 0.6 is 11.6 Å². The molecule has 0 radical (unpaired) electrons. The van der Waals surface area contributed by atoms with Crippen LogP contribution in [0.15, 0.2) is 18.2 Å². The van der Waals surface area contributed by atoms with E-state index in [2.05, 4.69) is 19.0 Å². The molecule has 19 heavy (non-hydrogen) atoms. The Bertz CT molecular complexity index is 442. The van der Waals surface area contributed by atoms with Crippen LogP contribution in [-0.4, -0.2) is 30.6 Å². The molecule has 1 saturated carbocycles. The van der Waals surface area contributed by atoms with E-state index in [9.17, 15) is 4.39 Å². The fourth-order valence-corrected chi connectivity index (χ4v) is 3.41. The monoisotopic (exact) mass is 284 g/mol. The van der Waals surface area contributed by atoms with E-state index in [1.165, 1.54) is 18.9 Å². The van der Waals surface area contributed by atoms with E-state index in [4.69, 9.17) is 17.3 Å². The number of rotatable bonds is 4. The molecule has 1 unspecified atom stereocenters. The topological polar surface area (TPSA) is 29.3 Å². The Hall–Kier alpha value is -0.640. The fraction of sp³-hybridized carbons (Fsp3) is 0.600. The highest BCUT2D eigenvalue weighted by atomic mass is 35.5. The lowest BCUT2D eigenvalue weighted by Gasteiger charge is -2.41. The molecule has 2 N–H and O–H groups in total. The third-order valence-electron chi connectivity index (χ3n) is 4.51. The molecule has 0 heterocycles. The maximum absolute atomic E-state index is 13.9. The smallest absolute Gasteiger partial charge is 0.127 e. The molecule has 1 aromatic rings. The standard InChI is InChI=1S/C15H22ClFN2/c1-19(2)15(7-3-4-8-15)14(18)9-11-5-6-12(16)10-13(11)17/h5-6,10,14H,3-4,7-9,18H2,1-2H3. The van der Waals surface area contributed by atoms with Gasteiger partial charge < -0.3 is 10.6 Å². The van der Waals surface area contributed by atoms with Gasteiger partial charge in [0.2, 0.25) is 0 Å². The second-order valence-corrected chi connectivity index (χ2v) is 6.19. The van der Waals surface area contributed by atoms with Crippen LogP contribution in [0.25, 0.3) is 0 Å². The third kappa shape index (κ3) is 2.93. The first-order valence-corrected chi connectivity index (χ1v) is 7.20. The molecule has 0 aliphatic heterocycles. The van der Waals surface area contributed by atoms with Crippen LogP contribution < -0.4 is 5.73 Å². The van der Waals surface area contributed by atoms with E-state index < -0.39 is 0 Å². The first-order valence-electron chi connectivity index (χ1n) is 6.82. The predicted octanol–water partition coefficient (Wildman–Crippen LogP) is 3.22. The fourth-order valence-electron chi connectivity index (χ4n) is 3.25. The van der Waals surface area contributed by atoms with Crippen LogP contribution in [0.1, 0.15) is 31.2 Å². The van der Waals surface area contributed by atoms with Gasteiger partial charge in [0, 0.05) is 16.6 Å². The van der Waals surface area contributed by atoms with Crippen molar-refractivity contribution in [2.24, 2.45) is 5.73 Å². The lowest BCUT2D eigenvalue weighted by Crippen LogP contribution is -2.56. The summed E-state index contributed by atoms with van der Waals surface area (Å²) >= 11 is 5.78. The van der Waals surface area contributed by atoms with E-state index in [0.717, 1.165) is 12.8 Å². The Morgan fingerprint density at radius 2 is 2.00 bits per heavy atom. The van der Waals surface area contributed by atoms with Gasteiger partial charge in [-0.3, -0.25) is 0 Å². The van der Waals surface area contributed by atoms with Crippen molar-refractivity contribution in [3.63, 3.8) is 0 Å². The first kappa shape index (κ1) is 14.8. The maximum Gasteiger partial charge on any atom is 0.127 e. The molecule has 2 nitrogen and oxygen atoms in total. The zero-order valence-electron chi connectivity index (χ0n) is 11.6. The summed E-state index contributed by atoms with van der Waals surface area (Å²) in [5, 5.41) is 0.429. The van der Waals surface area contributed by atoms with Crippen molar-refractivity contribution in [2.45, 2.75) is 43.7 Å². The van der Waals surface area contributed by atoms with E-state index >= 15 is 0 Å². The summed E-state index contributed by atoms with van der Waals surface area (Å²) in [6.45, 7) is 0. The van der Waals surface area contributed by atoms with Crippen molar-refractivity contribution in [2.75, 3.05) is 14.1 Å². The van der Waals surface area contributed by atoms with Gasteiger partial charge in [-0.2, -0.15) is 0 Å². The Balaban J connectivity index is 2.17. The van der Waals surface area contributed by atoms with Crippen molar-refractivity contribution in [3.05, 3.63) is 34.6 Å². The molecule has 0 saturated heterocycles. The van der Waals surface area contributed by atoms with Gasteiger partial charge >= 0.3 is 0 Å². The number of likely N-dealkylation sites (N-methyl/N-ethyl adjacent to an activating group) is 1. The maximum atomic E-state index is 13.9. The highest BCUT2D eigenvalue weighted by Gasteiger charge is 2.41. The Labute approximate surface area is 119 Å². The summed E-state index contributed by atoms with van der Waals surface area (Å²) in [6.07, 6.45) is 5.15. The molecule has 106 valence electrons. The number of benzene rings is 1. The first-order chi connectivity index (χ1) is 8.95. The van der Waals surface area contributed by atoms with Crippen LogP contribution in [0.5, 0.6) is 0 Å². The van der Waals surface area contributed by atoms with Crippen molar-refractivity contribution < 1.29 is 4.39 Å². The van der Waals surface area contributed by atoms with Crippen LogP contribution in [0, 0.1) is 5.82 Å². The Morgan fingerprint density at radius 1 is 1.37 bits per heavy atom. The molecule has 1 fully saturated rings. The van der Waals surface area contributed by atoms with Crippen molar-refractivity contribution in [1.29, 1.82) is 0 Å². The molecule has 1 aliphatic rings. The quantitative estimate of drug-likeness (QED) is 0.920. The summed E-state index contributed by atoms with van der Waals surface area (Å²) in [7, 11) is 4.15. The second-order valence-electron chi connectivity index (χ2n) is 5.75. The molecule has 1 aromatic carbocycles. The number of nitrogens with zero attached hydrogens (tertiary/aromatic N) is 1. The van der Waals surface area contributed by atoms with Crippen LogP contribution in [0.2, 0.25) is 5.02 Å². The minimum absolute atomic E-state index is 0.00603. The SMILES string of the molecule is CN(C)C1(C(N)Cc2ccc(Cl)cc2F)CCCC1. The highest BCUT2D eigenvalue weighted by molar-refractivity contribution is 6.30. The van der Waals surface area contributed by atoms with E-state index in [-0.39, 0.29) is 17.4 Å². The Morgan fingerprint density at radius 3 is 2.53 bits per heavy atom. The van der Waals surface area contributed by atoms with E-state index in [0.29, 0.717) is 17.0 Å². The van der Waals surface area contributed by atoms with Crippen LogP contribution in [0.3, 0.4) is 0 Å². The van der Waals surface area contributed by atoms with Gasteiger partial charge in [-0.1, -0.05) is 30.5 Å². The minimum atomic E-state index is -0.255. The Kier molecular flexibility index (Phi) is 4.49. The molecule has 0 spiro atoms. The molecule has 1 aliphatic carbocycles. The molecule has 4 heteroatoms. The average Bonchev–Trinajstić information content (AvgIpc) is 2.83. The van der Waals surface area contributed by atoms with Gasteiger partial charge in [0.25, 0.3) is 0 Å². The number of nitrogens with two attached hydrogens (primary N) is 1. The molecular formula is C15H22ClFN2. The van der Waals surface area contributed by atoms with Gasteiger partial charge in [0.15, 0.2) is 0 Å². The summed E-state index contributed by atoms with van der Waals surface area (Å²) in [5.74, 6) is -0.255. The van der Waals surface area contributed by atoms with Gasteiger partial charge in [0.05, 0.1) is 0 Å². The third-order valence-corrected chi connectivity index (χ3v) is 4.74. The number of hydrogen-bond acceptors (Lipinski definition) is 2. The summed E-state index contributed by atoms with van der Waals surface area (Å²) < 4.78 is 13.9. The summed E-state index contributed by atoms with van der Waals surface area (Å²) in [6, 6.07) is 4.78. The minimum Gasteiger partial charge on any atom is -0.326 e. The predicted molar refractivity (Wildman–Crippen MR) is 78.0 cm³/mol. The van der Waals surface area contributed by atoms with Crippen LogP contribution in [0.4, 0.5) is 4.39 Å². The van der Waals surface area contributed by atoms with E-state index in [1.807, 2.05) is 0 Å². The lowest BCUT2D eigenvalue weighted by molar-refractivity contribution is 0.122. The molecular weight excluding hydrogens is 263 g/mol. The molecule has 0 aromatic heterocycles. The van der Waals surface area contributed by atoms with Gasteiger partial charge in [-0.25, -0.2) is 4.39 Å². The molecule has 1 atom stereocenters. The highest BCUT2D eigenvalue weighted by Crippen LogP contribution is 2.37. The van der Waals surface area contributed by atoms with Crippen LogP contribution in [-0.2, 0) is 6.42 Å². The van der Waals surface area contributed by atoms with E-state index in [1.54, 1.807) is 12.1 Å². The number of halogens is 2. The molecule has 0 bridgehead atoms. The summed E-state index contributed by atoms with van der Waals surface area (Å²) in [5.41, 5.74) is 7.08. The van der Waals surface area contributed by atoms with Gasteiger partial charge in [-0.05, 0) is 51.1 Å². The zero-order valence-corrected chi connectivity index (χ0v) is 12.4. The molecule has 2 rings (SSSR count). The number of hydrogen-bond donors (Lipinski definition) is 1. The molecule has 0 amide bonds. The second kappa shape index (κ2) is 5.78. The normalized spacial score (nSPS) is 19.9.